The van der Waals surface area contributed by atoms with E-state index >= 15 is 0 Å². The number of thioether (sulfide) groups is 1. The Morgan fingerprint density at radius 2 is 2.30 bits per heavy atom. The third-order valence-electron chi connectivity index (χ3n) is 2.81. The van der Waals surface area contributed by atoms with Crippen LogP contribution in [0.5, 0.6) is 0 Å². The number of rotatable bonds is 11. The molecule has 1 rings (SSSR count). The third-order valence-corrected chi connectivity index (χ3v) is 3.80. The molecule has 1 aromatic rings. The van der Waals surface area contributed by atoms with Crippen molar-refractivity contribution in [2.75, 3.05) is 32.9 Å². The smallest absolute Gasteiger partial charge is 0.274 e. The maximum Gasteiger partial charge on any atom is 0.274 e. The van der Waals surface area contributed by atoms with Gasteiger partial charge in [-0.1, -0.05) is 5.92 Å². The molecule has 0 radical (unpaired) electrons. The van der Waals surface area contributed by atoms with Crippen molar-refractivity contribution < 1.29 is 9.34 Å². The molecular formula is C15H22N4O3S. The lowest BCUT2D eigenvalue weighted by Gasteiger charge is -2.10. The highest BCUT2D eigenvalue weighted by Crippen LogP contribution is 2.16. The number of nitrogens with zero attached hydrogens (tertiary/aromatic N) is 2. The maximum atomic E-state index is 10.4. The van der Waals surface area contributed by atoms with E-state index in [9.17, 15) is 10.1 Å². The van der Waals surface area contributed by atoms with Gasteiger partial charge in [-0.3, -0.25) is 15.0 Å². The third kappa shape index (κ3) is 8.18. The van der Waals surface area contributed by atoms with Crippen molar-refractivity contribution in [3.8, 4) is 12.3 Å². The van der Waals surface area contributed by atoms with Crippen molar-refractivity contribution in [3.63, 3.8) is 0 Å². The van der Waals surface area contributed by atoms with Crippen LogP contribution in [0.25, 0.3) is 0 Å². The first-order chi connectivity index (χ1) is 11.0. The van der Waals surface area contributed by atoms with Crippen LogP contribution in [0.2, 0.25) is 0 Å². The highest BCUT2D eigenvalue weighted by Gasteiger charge is 2.05. The van der Waals surface area contributed by atoms with Crippen LogP contribution in [-0.4, -0.2) is 42.8 Å². The molecule has 0 amide bonds. The summed E-state index contributed by atoms with van der Waals surface area (Å²) in [6.45, 7) is 1.90. The number of terminal acetylenes is 1. The maximum absolute atomic E-state index is 10.4. The van der Waals surface area contributed by atoms with Crippen molar-refractivity contribution in [3.05, 3.63) is 45.8 Å². The summed E-state index contributed by atoms with van der Waals surface area (Å²) in [5.41, 5.74) is 0. The second-order valence-electron chi connectivity index (χ2n) is 4.80. The van der Waals surface area contributed by atoms with E-state index in [1.807, 2.05) is 24.1 Å². The van der Waals surface area contributed by atoms with Gasteiger partial charge in [0.25, 0.3) is 6.20 Å². The van der Waals surface area contributed by atoms with Gasteiger partial charge in [0.15, 0.2) is 5.82 Å². The lowest BCUT2D eigenvalue weighted by Crippen LogP contribution is -2.26. The van der Waals surface area contributed by atoms with Gasteiger partial charge in [0.05, 0.1) is 23.8 Å². The summed E-state index contributed by atoms with van der Waals surface area (Å²) >= 11 is 1.69. The normalized spacial score (nSPS) is 11.3. The largest absolute Gasteiger partial charge is 0.464 e. The van der Waals surface area contributed by atoms with Gasteiger partial charge in [0.2, 0.25) is 0 Å². The molecule has 1 aromatic heterocycles. The van der Waals surface area contributed by atoms with Crippen molar-refractivity contribution in [1.82, 2.24) is 15.5 Å². The fourth-order valence-electron chi connectivity index (χ4n) is 1.80. The first-order valence-electron chi connectivity index (χ1n) is 7.09. The zero-order chi connectivity index (χ0) is 17.1. The molecular weight excluding hydrogens is 316 g/mol. The molecule has 0 saturated carbocycles. The van der Waals surface area contributed by atoms with E-state index in [0.29, 0.717) is 25.5 Å². The van der Waals surface area contributed by atoms with Crippen LogP contribution < -0.4 is 10.6 Å². The standard InChI is InChI=1S/C15H22N4O3S/c1-4-8-18(3)10-13-5-6-14(22-13)12-23-9-7-17-15(16-2)11-19(20)21/h1,5-6,11,16-17H,7-10,12H2,2-3H3/b15-11+. The summed E-state index contributed by atoms with van der Waals surface area (Å²) in [5, 5.41) is 16.1. The second kappa shape index (κ2) is 10.6. The molecule has 0 aliphatic rings. The fourth-order valence-corrected chi connectivity index (χ4v) is 2.54. The highest BCUT2D eigenvalue weighted by atomic mass is 32.2. The van der Waals surface area contributed by atoms with Crippen LogP contribution >= 0.6 is 11.8 Å². The molecule has 23 heavy (non-hydrogen) atoms. The monoisotopic (exact) mass is 338 g/mol. The quantitative estimate of drug-likeness (QED) is 0.273. The van der Waals surface area contributed by atoms with Crippen molar-refractivity contribution >= 4 is 11.8 Å². The topological polar surface area (TPSA) is 83.6 Å². The minimum atomic E-state index is -0.493. The Morgan fingerprint density at radius 3 is 2.96 bits per heavy atom. The molecule has 0 unspecified atom stereocenters. The van der Waals surface area contributed by atoms with Crippen LogP contribution in [0.3, 0.4) is 0 Å². The highest BCUT2D eigenvalue weighted by molar-refractivity contribution is 7.98. The molecule has 0 spiro atoms. The summed E-state index contributed by atoms with van der Waals surface area (Å²) in [6, 6.07) is 3.92. The van der Waals surface area contributed by atoms with E-state index in [-0.39, 0.29) is 0 Å². The first kappa shape index (κ1) is 18.9. The Bertz CT molecular complexity index is 565. The fraction of sp³-hybridized carbons (Fsp3) is 0.467. The molecule has 0 aromatic carbocycles. The second-order valence-corrected chi connectivity index (χ2v) is 5.91. The summed E-state index contributed by atoms with van der Waals surface area (Å²) in [4.78, 5) is 11.9. The Kier molecular flexibility index (Phi) is 8.72. The van der Waals surface area contributed by atoms with Crippen LogP contribution in [-0.2, 0) is 12.3 Å². The molecule has 0 bridgehead atoms. The van der Waals surface area contributed by atoms with E-state index in [0.717, 1.165) is 29.2 Å². The molecule has 7 nitrogen and oxygen atoms in total. The van der Waals surface area contributed by atoms with Crippen LogP contribution in [0, 0.1) is 22.5 Å². The van der Waals surface area contributed by atoms with E-state index in [4.69, 9.17) is 10.8 Å². The SMILES string of the molecule is C#CCN(C)Cc1ccc(CSCCN/C(=C/[N+](=O)[O-])NC)o1. The van der Waals surface area contributed by atoms with Gasteiger partial charge in [-0.15, -0.1) is 6.42 Å². The lowest BCUT2D eigenvalue weighted by molar-refractivity contribution is -0.404. The van der Waals surface area contributed by atoms with Crippen LogP contribution in [0.15, 0.2) is 28.6 Å². The van der Waals surface area contributed by atoms with E-state index in [1.54, 1.807) is 18.8 Å². The van der Waals surface area contributed by atoms with Gasteiger partial charge in [0.1, 0.15) is 11.5 Å². The predicted molar refractivity (Wildman–Crippen MR) is 92.2 cm³/mol. The Labute approximate surface area is 140 Å². The lowest BCUT2D eigenvalue weighted by atomic mass is 10.4. The number of nitrogens with one attached hydrogen (secondary N) is 2. The number of nitro groups is 1. The van der Waals surface area contributed by atoms with Gasteiger partial charge < -0.3 is 15.1 Å². The summed E-state index contributed by atoms with van der Waals surface area (Å²) in [5.74, 6) is 6.36. The van der Waals surface area contributed by atoms with Gasteiger partial charge in [-0.05, 0) is 19.2 Å². The van der Waals surface area contributed by atoms with Gasteiger partial charge >= 0.3 is 0 Å². The molecule has 1 heterocycles. The van der Waals surface area contributed by atoms with Gasteiger partial charge in [0, 0.05) is 19.3 Å². The number of hydrogen-bond donors (Lipinski definition) is 2. The Morgan fingerprint density at radius 1 is 1.57 bits per heavy atom. The summed E-state index contributed by atoms with van der Waals surface area (Å²) in [7, 11) is 3.58. The van der Waals surface area contributed by atoms with Crippen molar-refractivity contribution in [2.45, 2.75) is 12.3 Å². The molecule has 0 fully saturated rings. The van der Waals surface area contributed by atoms with Crippen molar-refractivity contribution in [1.29, 1.82) is 0 Å². The van der Waals surface area contributed by atoms with E-state index < -0.39 is 4.92 Å². The van der Waals surface area contributed by atoms with Gasteiger partial charge in [-0.2, -0.15) is 11.8 Å². The average Bonchev–Trinajstić information content (AvgIpc) is 2.92. The number of furan rings is 1. The first-order valence-corrected chi connectivity index (χ1v) is 8.25. The molecule has 0 aliphatic heterocycles. The Balaban J connectivity index is 2.25. The summed E-state index contributed by atoms with van der Waals surface area (Å²) < 4.78 is 5.74. The Hall–Kier alpha value is -2.11. The molecule has 0 saturated heterocycles. The molecule has 126 valence electrons. The average molecular weight is 338 g/mol. The van der Waals surface area contributed by atoms with E-state index in [1.165, 1.54) is 0 Å². The zero-order valence-corrected chi connectivity index (χ0v) is 14.2. The molecule has 0 aliphatic carbocycles. The minimum absolute atomic E-state index is 0.396. The zero-order valence-electron chi connectivity index (χ0n) is 13.4. The number of hydrogen-bond acceptors (Lipinski definition) is 7. The molecule has 2 N–H and O–H groups in total. The van der Waals surface area contributed by atoms with E-state index in [2.05, 4.69) is 16.6 Å². The van der Waals surface area contributed by atoms with Crippen LogP contribution in [0.4, 0.5) is 0 Å². The molecule has 0 atom stereocenters. The van der Waals surface area contributed by atoms with Crippen molar-refractivity contribution in [2.24, 2.45) is 0 Å². The predicted octanol–water partition coefficient (Wildman–Crippen LogP) is 1.46. The van der Waals surface area contributed by atoms with Crippen LogP contribution in [0.1, 0.15) is 11.5 Å². The summed E-state index contributed by atoms with van der Waals surface area (Å²) in [6.07, 6.45) is 6.18. The minimum Gasteiger partial charge on any atom is -0.464 e. The van der Waals surface area contributed by atoms with Gasteiger partial charge in [-0.25, -0.2) is 0 Å². The molecule has 8 heteroatoms.